The van der Waals surface area contributed by atoms with Crippen LogP contribution in [-0.2, 0) is 11.2 Å². The molecule has 3 heterocycles. The molecule has 0 spiro atoms. The van der Waals surface area contributed by atoms with Crippen LogP contribution in [0.1, 0.15) is 11.4 Å². The summed E-state index contributed by atoms with van der Waals surface area (Å²) in [6, 6.07) is 14.0. The minimum absolute atomic E-state index is 0.127. The summed E-state index contributed by atoms with van der Waals surface area (Å²) in [5, 5.41) is 12.0. The zero-order valence-electron chi connectivity index (χ0n) is 17.2. The van der Waals surface area contributed by atoms with Crippen LogP contribution in [0.25, 0.3) is 21.3 Å². The largest absolute Gasteiger partial charge is 0.504 e. The van der Waals surface area contributed by atoms with Gasteiger partial charge in [-0.1, -0.05) is 18.2 Å². The van der Waals surface area contributed by atoms with Gasteiger partial charge in [0, 0.05) is 42.3 Å². The van der Waals surface area contributed by atoms with Gasteiger partial charge in [-0.05, 0) is 35.4 Å². The van der Waals surface area contributed by atoms with E-state index in [1.165, 1.54) is 11.3 Å². The van der Waals surface area contributed by atoms with Crippen molar-refractivity contribution < 1.29 is 14.6 Å². The van der Waals surface area contributed by atoms with Crippen LogP contribution in [0.4, 0.5) is 5.69 Å². The molecule has 1 saturated heterocycles. The Labute approximate surface area is 184 Å². The zero-order chi connectivity index (χ0) is 21.2. The molecule has 2 aromatic heterocycles. The molecule has 7 heteroatoms. The molecule has 0 atom stereocenters. The minimum Gasteiger partial charge on any atom is -0.504 e. The van der Waals surface area contributed by atoms with Gasteiger partial charge in [0.25, 0.3) is 0 Å². The predicted molar refractivity (Wildman–Crippen MR) is 123 cm³/mol. The number of phenolic OH excluding ortho intramolecular Hbond substituents is 1. The summed E-state index contributed by atoms with van der Waals surface area (Å²) in [5.74, 6) is 1.37. The predicted octanol–water partition coefficient (Wildman–Crippen LogP) is 4.50. The molecule has 0 saturated carbocycles. The fourth-order valence-electron chi connectivity index (χ4n) is 3.83. The number of hydrogen-bond donors (Lipinski definition) is 1. The Morgan fingerprint density at radius 3 is 2.71 bits per heavy atom. The molecule has 1 fully saturated rings. The smallest absolute Gasteiger partial charge is 0.161 e. The van der Waals surface area contributed by atoms with Gasteiger partial charge in [0.1, 0.15) is 5.82 Å². The van der Waals surface area contributed by atoms with Gasteiger partial charge in [0.05, 0.1) is 30.5 Å². The Bertz CT molecular complexity index is 1200. The first-order valence-electron chi connectivity index (χ1n) is 10.2. The first-order valence-corrected chi connectivity index (χ1v) is 11.1. The Morgan fingerprint density at radius 1 is 1.13 bits per heavy atom. The Morgan fingerprint density at radius 2 is 1.94 bits per heavy atom. The fraction of sp³-hybridized carbons (Fsp3) is 0.250. The van der Waals surface area contributed by atoms with Crippen molar-refractivity contribution in [3.05, 3.63) is 65.4 Å². The minimum atomic E-state index is 0.127. The normalized spacial score (nSPS) is 14.2. The molecule has 5 rings (SSSR count). The summed E-state index contributed by atoms with van der Waals surface area (Å²) in [5.41, 5.74) is 5.31. The molecule has 1 N–H and O–H groups in total. The fourth-order valence-corrected chi connectivity index (χ4v) is 4.70. The summed E-state index contributed by atoms with van der Waals surface area (Å²) >= 11 is 1.62. The van der Waals surface area contributed by atoms with E-state index in [4.69, 9.17) is 14.5 Å². The Hall–Kier alpha value is -3.16. The summed E-state index contributed by atoms with van der Waals surface area (Å²) in [6.45, 7) is 3.43. The highest BCUT2D eigenvalue weighted by Gasteiger charge is 2.14. The van der Waals surface area contributed by atoms with Crippen LogP contribution in [0.5, 0.6) is 11.5 Å². The molecular formula is C24H23N3O3S. The van der Waals surface area contributed by atoms with Crippen molar-refractivity contribution in [1.82, 2.24) is 9.97 Å². The second-order valence-electron chi connectivity index (χ2n) is 7.48. The van der Waals surface area contributed by atoms with E-state index in [2.05, 4.69) is 39.5 Å². The van der Waals surface area contributed by atoms with Crippen molar-refractivity contribution >= 4 is 27.2 Å². The second kappa shape index (κ2) is 8.53. The van der Waals surface area contributed by atoms with Crippen molar-refractivity contribution in [2.75, 3.05) is 38.3 Å². The third-order valence-electron chi connectivity index (χ3n) is 5.53. The molecule has 0 radical (unpaired) electrons. The van der Waals surface area contributed by atoms with Crippen LogP contribution in [0, 0.1) is 0 Å². The SMILES string of the molecule is COc1cc(-c2csc3cnc(Cc4ccc(N5CCOCC5)cc4)nc23)ccc1O. The maximum atomic E-state index is 9.90. The quantitative estimate of drug-likeness (QED) is 0.500. The van der Waals surface area contributed by atoms with Crippen LogP contribution in [0.2, 0.25) is 0 Å². The van der Waals surface area contributed by atoms with E-state index in [9.17, 15) is 5.11 Å². The average molecular weight is 434 g/mol. The van der Waals surface area contributed by atoms with E-state index < -0.39 is 0 Å². The van der Waals surface area contributed by atoms with Crippen LogP contribution in [0.3, 0.4) is 0 Å². The molecule has 0 aliphatic carbocycles. The highest BCUT2D eigenvalue weighted by molar-refractivity contribution is 7.17. The molecule has 0 amide bonds. The average Bonchev–Trinajstić information content (AvgIpc) is 3.24. The van der Waals surface area contributed by atoms with E-state index in [0.29, 0.717) is 12.2 Å². The molecular weight excluding hydrogens is 410 g/mol. The van der Waals surface area contributed by atoms with Gasteiger partial charge in [-0.3, -0.25) is 0 Å². The van der Waals surface area contributed by atoms with Gasteiger partial charge in [0.15, 0.2) is 11.5 Å². The summed E-state index contributed by atoms with van der Waals surface area (Å²) in [4.78, 5) is 11.8. The second-order valence-corrected chi connectivity index (χ2v) is 8.39. The molecule has 0 unspecified atom stereocenters. The molecule has 4 aromatic rings. The van der Waals surface area contributed by atoms with E-state index >= 15 is 0 Å². The molecule has 0 bridgehead atoms. The van der Waals surface area contributed by atoms with E-state index in [1.54, 1.807) is 24.5 Å². The number of ether oxygens (including phenoxy) is 2. The van der Waals surface area contributed by atoms with Crippen LogP contribution >= 0.6 is 11.3 Å². The number of anilines is 1. The van der Waals surface area contributed by atoms with Gasteiger partial charge < -0.3 is 19.5 Å². The van der Waals surface area contributed by atoms with Gasteiger partial charge in [-0.25, -0.2) is 9.97 Å². The number of nitrogens with zero attached hydrogens (tertiary/aromatic N) is 3. The number of phenols is 1. The van der Waals surface area contributed by atoms with Crippen LogP contribution < -0.4 is 9.64 Å². The Kier molecular flexibility index (Phi) is 5.44. The highest BCUT2D eigenvalue weighted by Crippen LogP contribution is 2.37. The third-order valence-corrected chi connectivity index (χ3v) is 6.44. The maximum absolute atomic E-state index is 9.90. The number of morpholine rings is 1. The van der Waals surface area contributed by atoms with Gasteiger partial charge in [-0.15, -0.1) is 11.3 Å². The number of hydrogen-bond acceptors (Lipinski definition) is 7. The number of rotatable bonds is 5. The third kappa shape index (κ3) is 4.06. The topological polar surface area (TPSA) is 67.7 Å². The van der Waals surface area contributed by atoms with Crippen molar-refractivity contribution in [3.63, 3.8) is 0 Å². The van der Waals surface area contributed by atoms with Crippen molar-refractivity contribution in [2.45, 2.75) is 6.42 Å². The van der Waals surface area contributed by atoms with Crippen molar-refractivity contribution in [1.29, 1.82) is 0 Å². The number of aromatic hydroxyl groups is 1. The molecule has 31 heavy (non-hydrogen) atoms. The summed E-state index contributed by atoms with van der Waals surface area (Å²) < 4.78 is 11.7. The number of thiophene rings is 1. The lowest BCUT2D eigenvalue weighted by molar-refractivity contribution is 0.122. The first kappa shape index (κ1) is 19.8. The lowest BCUT2D eigenvalue weighted by Crippen LogP contribution is -2.36. The molecule has 2 aromatic carbocycles. The molecule has 1 aliphatic heterocycles. The number of fused-ring (bicyclic) bond motifs is 1. The molecule has 6 nitrogen and oxygen atoms in total. The van der Waals surface area contributed by atoms with E-state index in [1.807, 2.05) is 18.3 Å². The van der Waals surface area contributed by atoms with Gasteiger partial charge in [0.2, 0.25) is 0 Å². The number of methoxy groups -OCH3 is 1. The molecule has 1 aliphatic rings. The zero-order valence-corrected chi connectivity index (χ0v) is 18.1. The van der Waals surface area contributed by atoms with Gasteiger partial charge >= 0.3 is 0 Å². The lowest BCUT2D eigenvalue weighted by Gasteiger charge is -2.28. The maximum Gasteiger partial charge on any atom is 0.161 e. The number of benzene rings is 2. The summed E-state index contributed by atoms with van der Waals surface area (Å²) in [6.07, 6.45) is 2.57. The molecule has 158 valence electrons. The van der Waals surface area contributed by atoms with Crippen molar-refractivity contribution in [3.8, 4) is 22.6 Å². The van der Waals surface area contributed by atoms with Crippen molar-refractivity contribution in [2.24, 2.45) is 0 Å². The Balaban J connectivity index is 1.40. The monoisotopic (exact) mass is 433 g/mol. The van der Waals surface area contributed by atoms with Crippen LogP contribution in [-0.4, -0.2) is 48.5 Å². The van der Waals surface area contributed by atoms with Gasteiger partial charge in [-0.2, -0.15) is 0 Å². The summed E-state index contributed by atoms with van der Waals surface area (Å²) in [7, 11) is 1.55. The first-order chi connectivity index (χ1) is 15.2. The van der Waals surface area contributed by atoms with Crippen LogP contribution in [0.15, 0.2) is 54.0 Å². The highest BCUT2D eigenvalue weighted by atomic mass is 32.1. The van der Waals surface area contributed by atoms with E-state index in [0.717, 1.165) is 53.5 Å². The lowest BCUT2D eigenvalue weighted by atomic mass is 10.1. The standard InChI is InChI=1S/C24H23N3O3S/c1-29-21-13-17(4-7-20(21)28)19-15-31-22-14-25-23(26-24(19)22)12-16-2-5-18(6-3-16)27-8-10-30-11-9-27/h2-7,13-15,28H,8-12H2,1H3. The number of aromatic nitrogens is 2. The van der Waals surface area contributed by atoms with E-state index in [-0.39, 0.29) is 5.75 Å².